The van der Waals surface area contributed by atoms with Crippen LogP contribution in [0.3, 0.4) is 0 Å². The van der Waals surface area contributed by atoms with E-state index in [1.54, 1.807) is 39.9 Å². The number of imidazole rings is 1. The van der Waals surface area contributed by atoms with Gasteiger partial charge in [-0.3, -0.25) is 9.36 Å². The van der Waals surface area contributed by atoms with Crippen LogP contribution < -0.4 is 10.6 Å². The summed E-state index contributed by atoms with van der Waals surface area (Å²) in [7, 11) is -3.36. The molecule has 12 heteroatoms. The lowest BCUT2D eigenvalue weighted by atomic mass is 10.0. The zero-order valence-corrected chi connectivity index (χ0v) is 22.5. The quantitative estimate of drug-likeness (QED) is 0.485. The SMILES string of the molecule is Cc1ncc2n1C(=O)N(C1CCN(C(=O)C(NC(=O)Nc3ccc(S(C)(=O)=O)cc3)c3ccccc3)CC1)C2. The lowest BCUT2D eigenvalue weighted by Crippen LogP contribution is -2.50. The van der Waals surface area contributed by atoms with E-state index in [0.29, 0.717) is 49.6 Å². The van der Waals surface area contributed by atoms with Gasteiger partial charge < -0.3 is 20.4 Å². The van der Waals surface area contributed by atoms with E-state index in [9.17, 15) is 22.8 Å². The maximum atomic E-state index is 13.6. The molecule has 3 aromatic rings. The van der Waals surface area contributed by atoms with Crippen LogP contribution >= 0.6 is 0 Å². The third-order valence-electron chi connectivity index (χ3n) is 7.19. The van der Waals surface area contributed by atoms with Crippen molar-refractivity contribution in [3.8, 4) is 0 Å². The summed E-state index contributed by atoms with van der Waals surface area (Å²) in [4.78, 5) is 47.4. The molecule has 1 aromatic heterocycles. The number of hydrogen-bond acceptors (Lipinski definition) is 6. The van der Waals surface area contributed by atoms with E-state index >= 15 is 0 Å². The minimum atomic E-state index is -3.36. The van der Waals surface area contributed by atoms with Gasteiger partial charge in [-0.05, 0) is 49.6 Å². The average Bonchev–Trinajstić information content (AvgIpc) is 3.46. The van der Waals surface area contributed by atoms with Gasteiger partial charge in [-0.25, -0.2) is 23.0 Å². The van der Waals surface area contributed by atoms with Gasteiger partial charge in [0.2, 0.25) is 5.91 Å². The van der Waals surface area contributed by atoms with Gasteiger partial charge in [0.15, 0.2) is 9.84 Å². The molecule has 39 heavy (non-hydrogen) atoms. The number of carbonyl (C=O) groups excluding carboxylic acids is 3. The Morgan fingerprint density at radius 3 is 2.31 bits per heavy atom. The average molecular weight is 551 g/mol. The second-order valence-electron chi connectivity index (χ2n) is 9.84. The number of fused-ring (bicyclic) bond motifs is 1. The van der Waals surface area contributed by atoms with Crippen molar-refractivity contribution in [1.82, 2.24) is 24.7 Å². The van der Waals surface area contributed by atoms with E-state index in [1.807, 2.05) is 17.9 Å². The van der Waals surface area contributed by atoms with Crippen LogP contribution in [0.1, 0.15) is 36.0 Å². The Kier molecular flexibility index (Phi) is 7.13. The zero-order chi connectivity index (χ0) is 27.7. The van der Waals surface area contributed by atoms with Crippen molar-refractivity contribution in [3.63, 3.8) is 0 Å². The number of likely N-dealkylation sites (tertiary alicyclic amines) is 1. The van der Waals surface area contributed by atoms with Crippen LogP contribution in [0.15, 0.2) is 65.7 Å². The third kappa shape index (κ3) is 5.51. The number of urea groups is 1. The molecule has 2 N–H and O–H groups in total. The van der Waals surface area contributed by atoms with E-state index in [-0.39, 0.29) is 22.9 Å². The Labute approximate surface area is 226 Å². The van der Waals surface area contributed by atoms with Gasteiger partial charge in [0.1, 0.15) is 11.9 Å². The van der Waals surface area contributed by atoms with Gasteiger partial charge in [-0.15, -0.1) is 0 Å². The summed E-state index contributed by atoms with van der Waals surface area (Å²) in [5.74, 6) is 0.438. The number of aryl methyl sites for hydroxylation is 1. The fourth-order valence-electron chi connectivity index (χ4n) is 5.12. The predicted molar refractivity (Wildman–Crippen MR) is 144 cm³/mol. The first-order valence-electron chi connectivity index (χ1n) is 12.7. The van der Waals surface area contributed by atoms with Crippen molar-refractivity contribution in [1.29, 1.82) is 0 Å². The molecule has 204 valence electrons. The Morgan fingerprint density at radius 2 is 1.69 bits per heavy atom. The van der Waals surface area contributed by atoms with Crippen molar-refractivity contribution >= 4 is 33.5 Å². The second-order valence-corrected chi connectivity index (χ2v) is 11.9. The highest BCUT2D eigenvalue weighted by Crippen LogP contribution is 2.27. The third-order valence-corrected chi connectivity index (χ3v) is 8.32. The lowest BCUT2D eigenvalue weighted by molar-refractivity contribution is -0.134. The van der Waals surface area contributed by atoms with Crippen LogP contribution in [-0.2, 0) is 21.2 Å². The molecule has 5 rings (SSSR count). The van der Waals surface area contributed by atoms with E-state index in [2.05, 4.69) is 15.6 Å². The highest BCUT2D eigenvalue weighted by Gasteiger charge is 2.37. The minimum absolute atomic E-state index is 0.0159. The number of piperidine rings is 1. The highest BCUT2D eigenvalue weighted by molar-refractivity contribution is 7.90. The fraction of sp³-hybridized carbons (Fsp3) is 0.333. The number of amides is 4. The first kappa shape index (κ1) is 26.4. The van der Waals surface area contributed by atoms with Crippen molar-refractivity contribution < 1.29 is 22.8 Å². The van der Waals surface area contributed by atoms with E-state index < -0.39 is 21.9 Å². The molecular formula is C27H30N6O5S. The Balaban J connectivity index is 1.24. The number of hydrogen-bond donors (Lipinski definition) is 2. The molecule has 0 radical (unpaired) electrons. The smallest absolute Gasteiger partial charge is 0.330 e. The second kappa shape index (κ2) is 10.5. The first-order valence-corrected chi connectivity index (χ1v) is 14.6. The van der Waals surface area contributed by atoms with Gasteiger partial charge in [0.25, 0.3) is 0 Å². The van der Waals surface area contributed by atoms with E-state index in [4.69, 9.17) is 0 Å². The molecule has 2 aromatic carbocycles. The predicted octanol–water partition coefficient (Wildman–Crippen LogP) is 2.93. The number of nitrogens with zero attached hydrogens (tertiary/aromatic N) is 4. The molecule has 2 aliphatic rings. The molecular weight excluding hydrogens is 520 g/mol. The van der Waals surface area contributed by atoms with Crippen LogP contribution in [0.5, 0.6) is 0 Å². The summed E-state index contributed by atoms with van der Waals surface area (Å²) >= 11 is 0. The number of sulfone groups is 1. The van der Waals surface area contributed by atoms with Crippen LogP contribution in [-0.4, -0.2) is 71.1 Å². The monoisotopic (exact) mass is 550 g/mol. The summed E-state index contributed by atoms with van der Waals surface area (Å²) in [5.41, 5.74) is 1.91. The van der Waals surface area contributed by atoms with Crippen LogP contribution in [0.25, 0.3) is 0 Å². The standard InChI is InChI=1S/C27H30N6O5S/c1-18-28-16-22-17-32(27(36)33(18)22)21-12-14-31(15-13-21)25(34)24(19-6-4-3-5-7-19)30-26(35)29-20-8-10-23(11-9-20)39(2,37)38/h3-11,16,21,24H,12-15,17H2,1-2H3,(H2,29,30,35). The summed E-state index contributed by atoms with van der Waals surface area (Å²) in [6.07, 6.45) is 4.11. The fourth-order valence-corrected chi connectivity index (χ4v) is 5.75. The minimum Gasteiger partial charge on any atom is -0.340 e. The molecule has 0 spiro atoms. The summed E-state index contributed by atoms with van der Waals surface area (Å²) in [6, 6.07) is 13.2. The van der Waals surface area contributed by atoms with E-state index in [0.717, 1.165) is 11.9 Å². The molecule has 1 atom stereocenters. The molecule has 11 nitrogen and oxygen atoms in total. The topological polar surface area (TPSA) is 134 Å². The Hall–Kier alpha value is -4.19. The van der Waals surface area contributed by atoms with Gasteiger partial charge >= 0.3 is 12.1 Å². The summed E-state index contributed by atoms with van der Waals surface area (Å²) in [6.45, 7) is 3.24. The first-order chi connectivity index (χ1) is 18.6. The van der Waals surface area contributed by atoms with Crippen molar-refractivity contribution in [2.75, 3.05) is 24.7 Å². The molecule has 1 fully saturated rings. The van der Waals surface area contributed by atoms with Crippen LogP contribution in [0.4, 0.5) is 15.3 Å². The lowest BCUT2D eigenvalue weighted by Gasteiger charge is -2.37. The Bertz CT molecular complexity index is 1500. The normalized spacial score (nSPS) is 16.6. The molecule has 1 unspecified atom stereocenters. The number of rotatable bonds is 6. The van der Waals surface area contributed by atoms with Crippen molar-refractivity contribution in [2.24, 2.45) is 0 Å². The van der Waals surface area contributed by atoms with Crippen LogP contribution in [0, 0.1) is 6.92 Å². The van der Waals surface area contributed by atoms with Gasteiger partial charge in [0, 0.05) is 31.1 Å². The van der Waals surface area contributed by atoms with E-state index in [1.165, 1.54) is 24.3 Å². The maximum Gasteiger partial charge on any atom is 0.330 e. The molecule has 1 saturated heterocycles. The number of aromatic nitrogens is 2. The van der Waals surface area contributed by atoms with Gasteiger partial charge in [-0.2, -0.15) is 0 Å². The zero-order valence-electron chi connectivity index (χ0n) is 21.7. The van der Waals surface area contributed by atoms with Crippen molar-refractivity contribution in [3.05, 3.63) is 77.9 Å². The number of benzene rings is 2. The molecule has 0 bridgehead atoms. The number of anilines is 1. The molecule has 2 aliphatic heterocycles. The molecule has 4 amide bonds. The van der Waals surface area contributed by atoms with Gasteiger partial charge in [-0.1, -0.05) is 30.3 Å². The number of carbonyl (C=O) groups is 3. The van der Waals surface area contributed by atoms with Crippen LogP contribution in [0.2, 0.25) is 0 Å². The maximum absolute atomic E-state index is 13.6. The van der Waals surface area contributed by atoms with Crippen molar-refractivity contribution in [2.45, 2.75) is 43.3 Å². The number of nitrogens with one attached hydrogen (secondary N) is 2. The molecule has 3 heterocycles. The Morgan fingerprint density at radius 1 is 1.03 bits per heavy atom. The van der Waals surface area contributed by atoms with Gasteiger partial charge in [0.05, 0.1) is 23.3 Å². The molecule has 0 aliphatic carbocycles. The summed E-state index contributed by atoms with van der Waals surface area (Å²) in [5, 5.41) is 5.45. The largest absolute Gasteiger partial charge is 0.340 e. The summed E-state index contributed by atoms with van der Waals surface area (Å²) < 4.78 is 25.0. The molecule has 0 saturated carbocycles. The highest BCUT2D eigenvalue weighted by atomic mass is 32.2.